The van der Waals surface area contributed by atoms with Crippen LogP contribution in [0.15, 0.2) is 35.5 Å². The van der Waals surface area contributed by atoms with Gasteiger partial charge in [0, 0.05) is 32.7 Å². The van der Waals surface area contributed by atoms with E-state index in [4.69, 9.17) is 15.3 Å². The van der Waals surface area contributed by atoms with Crippen molar-refractivity contribution in [2.45, 2.75) is 25.0 Å². The van der Waals surface area contributed by atoms with Crippen LogP contribution in [0.1, 0.15) is 18.4 Å². The smallest absolute Gasteiger partial charge is 0.266 e. The fourth-order valence-electron chi connectivity index (χ4n) is 2.75. The van der Waals surface area contributed by atoms with Crippen LogP contribution in [0, 0.1) is 0 Å². The van der Waals surface area contributed by atoms with Crippen molar-refractivity contribution < 1.29 is 14.4 Å². The van der Waals surface area contributed by atoms with Crippen molar-refractivity contribution in [3.05, 3.63) is 35.9 Å². The molecule has 2 N–H and O–H groups in total. The van der Waals surface area contributed by atoms with Crippen LogP contribution < -0.4 is 5.73 Å². The van der Waals surface area contributed by atoms with Crippen molar-refractivity contribution >= 4 is 24.0 Å². The van der Waals surface area contributed by atoms with E-state index in [1.807, 2.05) is 30.3 Å². The summed E-state index contributed by atoms with van der Waals surface area (Å²) in [7, 11) is 0. The molecule has 3 rings (SSSR count). The molecule has 2 aliphatic heterocycles. The Kier molecular flexibility index (Phi) is 6.38. The monoisotopic (exact) mass is 339 g/mol. The minimum absolute atomic E-state index is 0. The zero-order valence-electron chi connectivity index (χ0n) is 12.9. The minimum Gasteiger partial charge on any atom is -0.382 e. The van der Waals surface area contributed by atoms with Crippen LogP contribution in [-0.2, 0) is 14.4 Å². The largest absolute Gasteiger partial charge is 0.382 e. The Morgan fingerprint density at radius 2 is 2.13 bits per heavy atom. The van der Waals surface area contributed by atoms with E-state index in [-0.39, 0.29) is 24.4 Å². The van der Waals surface area contributed by atoms with Crippen LogP contribution in [-0.4, -0.2) is 55.0 Å². The molecular formula is C16H22ClN3O3. The van der Waals surface area contributed by atoms with E-state index in [1.54, 1.807) is 4.90 Å². The van der Waals surface area contributed by atoms with Gasteiger partial charge < -0.3 is 20.2 Å². The van der Waals surface area contributed by atoms with E-state index < -0.39 is 6.10 Å². The molecule has 6 nitrogen and oxygen atoms in total. The number of nitrogens with zero attached hydrogens (tertiary/aromatic N) is 2. The van der Waals surface area contributed by atoms with Gasteiger partial charge in [0.25, 0.3) is 5.91 Å². The number of benzene rings is 1. The highest BCUT2D eigenvalue weighted by atomic mass is 35.5. The molecule has 2 aliphatic rings. The molecular weight excluding hydrogens is 318 g/mol. The lowest BCUT2D eigenvalue weighted by atomic mass is 10.0. The van der Waals surface area contributed by atoms with Gasteiger partial charge in [-0.25, -0.2) is 0 Å². The highest BCUT2D eigenvalue weighted by Gasteiger charge is 2.33. The summed E-state index contributed by atoms with van der Waals surface area (Å²) in [5.74, 6) is -0.0290. The van der Waals surface area contributed by atoms with Crippen LogP contribution in [0.25, 0.3) is 0 Å². The Bertz CT molecular complexity index is 553. The standard InChI is InChI=1S/C16H21N3O3.ClH/c17-10-13-11-19(7-4-8-21-13)16(20)15-9-14(18-22-15)12-5-2-1-3-6-12;/h1-3,5-6,13,15H,4,7-11,17H2;1H. The molecule has 2 heterocycles. The summed E-state index contributed by atoms with van der Waals surface area (Å²) < 4.78 is 5.60. The second kappa shape index (κ2) is 8.29. The van der Waals surface area contributed by atoms with Gasteiger partial charge in [-0.3, -0.25) is 4.79 Å². The SMILES string of the molecule is Cl.NCC1CN(C(=O)C2CC(c3ccccc3)=NO2)CCCO1. The van der Waals surface area contributed by atoms with Crippen molar-refractivity contribution in [1.29, 1.82) is 0 Å². The van der Waals surface area contributed by atoms with Crippen LogP contribution in [0.4, 0.5) is 0 Å². The predicted octanol–water partition coefficient (Wildman–Crippen LogP) is 1.18. The third-order valence-corrected chi connectivity index (χ3v) is 3.98. The van der Waals surface area contributed by atoms with Crippen LogP contribution in [0.3, 0.4) is 0 Å². The van der Waals surface area contributed by atoms with E-state index in [9.17, 15) is 4.79 Å². The highest BCUT2D eigenvalue weighted by molar-refractivity contribution is 6.04. The lowest BCUT2D eigenvalue weighted by molar-refractivity contribution is -0.142. The van der Waals surface area contributed by atoms with Gasteiger partial charge in [0.15, 0.2) is 0 Å². The van der Waals surface area contributed by atoms with Crippen LogP contribution >= 0.6 is 12.4 Å². The molecule has 0 aliphatic carbocycles. The van der Waals surface area contributed by atoms with Gasteiger partial charge in [-0.05, 0) is 12.0 Å². The number of hydrogen-bond acceptors (Lipinski definition) is 5. The first-order chi connectivity index (χ1) is 10.8. The first kappa shape index (κ1) is 17.7. The van der Waals surface area contributed by atoms with E-state index in [0.29, 0.717) is 32.7 Å². The molecule has 1 fully saturated rings. The molecule has 0 spiro atoms. The second-order valence-electron chi connectivity index (χ2n) is 5.57. The number of halogens is 1. The number of carbonyl (C=O) groups excluding carboxylic acids is 1. The number of ether oxygens (including phenoxy) is 1. The number of amides is 1. The van der Waals surface area contributed by atoms with Gasteiger partial charge >= 0.3 is 0 Å². The van der Waals surface area contributed by atoms with Crippen LogP contribution in [0.5, 0.6) is 0 Å². The molecule has 0 saturated carbocycles. The Hall–Kier alpha value is -1.63. The summed E-state index contributed by atoms with van der Waals surface area (Å²) >= 11 is 0. The number of carbonyl (C=O) groups is 1. The molecule has 1 amide bonds. The Balaban J connectivity index is 0.00000192. The maximum absolute atomic E-state index is 12.6. The molecule has 23 heavy (non-hydrogen) atoms. The number of rotatable bonds is 3. The van der Waals surface area contributed by atoms with Gasteiger partial charge in [-0.2, -0.15) is 0 Å². The second-order valence-corrected chi connectivity index (χ2v) is 5.57. The fourth-order valence-corrected chi connectivity index (χ4v) is 2.75. The zero-order valence-corrected chi connectivity index (χ0v) is 13.7. The van der Waals surface area contributed by atoms with Gasteiger partial charge in [0.2, 0.25) is 6.10 Å². The topological polar surface area (TPSA) is 77.2 Å². The third-order valence-electron chi connectivity index (χ3n) is 3.98. The lowest BCUT2D eigenvalue weighted by Gasteiger charge is -2.25. The highest BCUT2D eigenvalue weighted by Crippen LogP contribution is 2.19. The molecule has 0 aromatic heterocycles. The quantitative estimate of drug-likeness (QED) is 0.897. The summed E-state index contributed by atoms with van der Waals surface area (Å²) in [4.78, 5) is 19.8. The van der Waals surface area contributed by atoms with Crippen molar-refractivity contribution in [3.8, 4) is 0 Å². The Morgan fingerprint density at radius 3 is 2.87 bits per heavy atom. The molecule has 1 aromatic carbocycles. The summed E-state index contributed by atoms with van der Waals surface area (Å²) in [6.07, 6.45) is 0.698. The normalized spacial score (nSPS) is 24.2. The maximum atomic E-state index is 12.6. The molecule has 1 saturated heterocycles. The molecule has 126 valence electrons. The number of hydrogen-bond donors (Lipinski definition) is 1. The molecule has 2 atom stereocenters. The average Bonchev–Trinajstić information content (AvgIpc) is 2.93. The summed E-state index contributed by atoms with van der Waals surface area (Å²) in [5.41, 5.74) is 7.49. The fraction of sp³-hybridized carbons (Fsp3) is 0.500. The molecule has 2 unspecified atom stereocenters. The Morgan fingerprint density at radius 1 is 1.35 bits per heavy atom. The van der Waals surface area contributed by atoms with E-state index in [0.717, 1.165) is 17.7 Å². The van der Waals surface area contributed by atoms with Crippen molar-refractivity contribution in [3.63, 3.8) is 0 Å². The van der Waals surface area contributed by atoms with E-state index >= 15 is 0 Å². The molecule has 0 radical (unpaired) electrons. The first-order valence-electron chi connectivity index (χ1n) is 7.66. The van der Waals surface area contributed by atoms with Crippen LogP contribution in [0.2, 0.25) is 0 Å². The molecule has 1 aromatic rings. The number of oxime groups is 1. The minimum atomic E-state index is -0.535. The predicted molar refractivity (Wildman–Crippen MR) is 89.7 cm³/mol. The summed E-state index contributed by atoms with van der Waals surface area (Å²) in [5, 5.41) is 4.08. The summed E-state index contributed by atoms with van der Waals surface area (Å²) in [6.45, 7) is 2.26. The summed E-state index contributed by atoms with van der Waals surface area (Å²) in [6, 6.07) is 9.79. The van der Waals surface area contributed by atoms with Gasteiger partial charge in [-0.1, -0.05) is 35.5 Å². The molecule has 7 heteroatoms. The average molecular weight is 340 g/mol. The third kappa shape index (κ3) is 4.22. The van der Waals surface area contributed by atoms with E-state index in [2.05, 4.69) is 5.16 Å². The lowest BCUT2D eigenvalue weighted by Crippen LogP contribution is -2.44. The zero-order chi connectivity index (χ0) is 15.4. The number of nitrogens with two attached hydrogens (primary N) is 1. The van der Waals surface area contributed by atoms with Gasteiger partial charge in [0.1, 0.15) is 0 Å². The van der Waals surface area contributed by atoms with E-state index in [1.165, 1.54) is 0 Å². The van der Waals surface area contributed by atoms with Crippen molar-refractivity contribution in [2.75, 3.05) is 26.2 Å². The van der Waals surface area contributed by atoms with Crippen molar-refractivity contribution in [2.24, 2.45) is 10.9 Å². The Labute approximate surface area is 142 Å². The molecule has 0 bridgehead atoms. The van der Waals surface area contributed by atoms with Crippen molar-refractivity contribution in [1.82, 2.24) is 4.90 Å². The van der Waals surface area contributed by atoms with Gasteiger partial charge in [0.05, 0.1) is 11.8 Å². The van der Waals surface area contributed by atoms with Gasteiger partial charge in [-0.15, -0.1) is 12.4 Å². The maximum Gasteiger partial charge on any atom is 0.266 e. The first-order valence-corrected chi connectivity index (χ1v) is 7.66.